The Labute approximate surface area is 237 Å². The van der Waals surface area contributed by atoms with Gasteiger partial charge in [-0.05, 0) is 26.7 Å². The molecule has 3 heterocycles. The molecule has 1 aromatic heterocycles. The number of nitrogens with zero attached hydrogens (tertiary/aromatic N) is 2. The molecule has 2 aliphatic rings. The molecule has 0 amide bonds. The van der Waals surface area contributed by atoms with Crippen LogP contribution in [0.4, 0.5) is 26.3 Å². The van der Waals surface area contributed by atoms with Crippen LogP contribution in [0.15, 0.2) is 40.9 Å². The summed E-state index contributed by atoms with van der Waals surface area (Å²) >= 11 is 0. The quantitative estimate of drug-likeness (QED) is 0.404. The Morgan fingerprint density at radius 1 is 1.10 bits per heavy atom. The molecule has 10 nitrogen and oxygen atoms in total. The van der Waals surface area contributed by atoms with Gasteiger partial charge in [0.1, 0.15) is 5.60 Å². The summed E-state index contributed by atoms with van der Waals surface area (Å²) in [5.41, 5.74) is 1.81. The molecule has 3 N–H and O–H groups in total. The van der Waals surface area contributed by atoms with Gasteiger partial charge in [0.25, 0.3) is 0 Å². The highest BCUT2D eigenvalue weighted by Crippen LogP contribution is 2.33. The van der Waals surface area contributed by atoms with Crippen molar-refractivity contribution in [1.82, 2.24) is 15.4 Å². The van der Waals surface area contributed by atoms with Crippen molar-refractivity contribution in [2.45, 2.75) is 63.3 Å². The first-order chi connectivity index (χ1) is 19.5. The summed E-state index contributed by atoms with van der Waals surface area (Å²) in [5, 5.41) is 21.9. The Morgan fingerprint density at radius 3 is 2.24 bits per heavy atom. The molecular weight excluding hydrogens is 580 g/mol. The maximum Gasteiger partial charge on any atom is 0.490 e. The third-order valence-corrected chi connectivity index (χ3v) is 6.23. The minimum absolute atomic E-state index is 0.151. The van der Waals surface area contributed by atoms with Crippen molar-refractivity contribution in [2.24, 2.45) is 0 Å². The molecule has 0 saturated carbocycles. The molecule has 0 aliphatic carbocycles. The topological polar surface area (TPSA) is 134 Å². The lowest BCUT2D eigenvalue weighted by Gasteiger charge is -2.34. The van der Waals surface area contributed by atoms with Crippen molar-refractivity contribution in [1.29, 1.82) is 0 Å². The third kappa shape index (κ3) is 11.6. The first-order valence-electron chi connectivity index (χ1n) is 12.8. The molecule has 2 aromatic rings. The van der Waals surface area contributed by atoms with Gasteiger partial charge in [-0.3, -0.25) is 4.90 Å². The molecule has 1 spiro atoms. The first-order valence-corrected chi connectivity index (χ1v) is 12.8. The summed E-state index contributed by atoms with van der Waals surface area (Å²) < 4.78 is 81.3. The highest BCUT2D eigenvalue weighted by Gasteiger charge is 2.43. The monoisotopic (exact) mass is 613 g/mol. The molecule has 0 unspecified atom stereocenters. The zero-order valence-electron chi connectivity index (χ0n) is 22.9. The van der Waals surface area contributed by atoms with Crippen molar-refractivity contribution < 1.29 is 60.1 Å². The lowest BCUT2D eigenvalue weighted by molar-refractivity contribution is -0.193. The fourth-order valence-electron chi connectivity index (χ4n) is 4.13. The number of nitrogens with one attached hydrogen (secondary N) is 1. The van der Waals surface area contributed by atoms with E-state index in [-0.39, 0.29) is 11.7 Å². The number of alkyl halides is 6. The fraction of sp³-hybridized carbons (Fsp3) is 0.577. The second kappa shape index (κ2) is 15.3. The van der Waals surface area contributed by atoms with E-state index in [1.807, 2.05) is 36.4 Å². The minimum Gasteiger partial charge on any atom is -0.475 e. The third-order valence-electron chi connectivity index (χ3n) is 6.23. The first kappa shape index (κ1) is 35.0. The minimum atomic E-state index is -5.08. The largest absolute Gasteiger partial charge is 0.490 e. The Kier molecular flexibility index (Phi) is 12.8. The molecule has 42 heavy (non-hydrogen) atoms. The molecule has 2 atom stereocenters. The Morgan fingerprint density at radius 2 is 1.69 bits per heavy atom. The van der Waals surface area contributed by atoms with E-state index in [1.54, 1.807) is 0 Å². The Balaban J connectivity index is 0.000000367. The van der Waals surface area contributed by atoms with Crippen LogP contribution in [-0.4, -0.2) is 95.2 Å². The number of ether oxygens (including phenoxy) is 2. The van der Waals surface area contributed by atoms with Gasteiger partial charge < -0.3 is 29.5 Å². The van der Waals surface area contributed by atoms with Crippen molar-refractivity contribution in [3.05, 3.63) is 42.1 Å². The molecule has 1 aromatic carbocycles. The average Bonchev–Trinajstić information content (AvgIpc) is 3.47. The van der Waals surface area contributed by atoms with Crippen molar-refractivity contribution in [3.8, 4) is 11.3 Å². The van der Waals surface area contributed by atoms with Crippen LogP contribution in [0.1, 0.15) is 32.4 Å². The summed E-state index contributed by atoms with van der Waals surface area (Å²) in [6.07, 6.45) is -7.82. The molecule has 16 heteroatoms. The van der Waals surface area contributed by atoms with E-state index in [4.69, 9.17) is 33.8 Å². The normalized spacial score (nSPS) is 21.2. The molecule has 2 aliphatic heterocycles. The van der Waals surface area contributed by atoms with Crippen LogP contribution in [0.3, 0.4) is 0 Å². The van der Waals surface area contributed by atoms with Crippen molar-refractivity contribution >= 4 is 11.9 Å². The molecule has 2 fully saturated rings. The second-order valence-corrected chi connectivity index (χ2v) is 9.86. The van der Waals surface area contributed by atoms with Gasteiger partial charge in [0.15, 0.2) is 5.76 Å². The average molecular weight is 614 g/mol. The number of hydrogen-bond acceptors (Lipinski definition) is 8. The zero-order valence-corrected chi connectivity index (χ0v) is 22.9. The van der Waals surface area contributed by atoms with Gasteiger partial charge in [0.2, 0.25) is 0 Å². The van der Waals surface area contributed by atoms with Gasteiger partial charge in [-0.25, -0.2) is 9.59 Å². The molecule has 2 saturated heterocycles. The van der Waals surface area contributed by atoms with E-state index < -0.39 is 24.3 Å². The van der Waals surface area contributed by atoms with E-state index in [0.717, 1.165) is 56.1 Å². The number of rotatable bonds is 6. The summed E-state index contributed by atoms with van der Waals surface area (Å²) in [6, 6.07) is 12.6. The van der Waals surface area contributed by atoms with E-state index in [2.05, 4.69) is 29.2 Å². The van der Waals surface area contributed by atoms with Gasteiger partial charge in [-0.2, -0.15) is 26.3 Å². The van der Waals surface area contributed by atoms with Crippen molar-refractivity contribution in [3.63, 3.8) is 0 Å². The summed E-state index contributed by atoms with van der Waals surface area (Å²) in [5.74, 6) is -4.71. The van der Waals surface area contributed by atoms with Gasteiger partial charge in [0.05, 0.1) is 25.0 Å². The van der Waals surface area contributed by atoms with E-state index in [1.165, 1.54) is 0 Å². The zero-order chi connectivity index (χ0) is 31.6. The number of hydrogen-bond donors (Lipinski definition) is 3. The fourth-order valence-corrected chi connectivity index (χ4v) is 4.13. The molecule has 236 valence electrons. The second-order valence-electron chi connectivity index (χ2n) is 9.86. The van der Waals surface area contributed by atoms with Gasteiger partial charge in [-0.15, -0.1) is 0 Å². The van der Waals surface area contributed by atoms with Crippen LogP contribution in [0.5, 0.6) is 0 Å². The number of aromatic nitrogens is 1. The lowest BCUT2D eigenvalue weighted by atomic mass is 9.99. The van der Waals surface area contributed by atoms with E-state index in [9.17, 15) is 26.3 Å². The lowest BCUT2D eigenvalue weighted by Crippen LogP contribution is -2.47. The maximum atomic E-state index is 10.6. The summed E-state index contributed by atoms with van der Waals surface area (Å²) in [6.45, 7) is 9.43. The molecule has 4 rings (SSSR count). The highest BCUT2D eigenvalue weighted by atomic mass is 19.4. The van der Waals surface area contributed by atoms with E-state index in [0.29, 0.717) is 19.2 Å². The van der Waals surface area contributed by atoms with Crippen LogP contribution in [0.25, 0.3) is 11.3 Å². The predicted octanol–water partition coefficient (Wildman–Crippen LogP) is 4.36. The predicted molar refractivity (Wildman–Crippen MR) is 135 cm³/mol. The molecule has 0 radical (unpaired) electrons. The van der Waals surface area contributed by atoms with Gasteiger partial charge in [0, 0.05) is 43.9 Å². The number of benzene rings is 1. The molecular formula is C26H33F6N3O7. The maximum absolute atomic E-state index is 10.6. The Hall–Kier alpha value is -3.21. The highest BCUT2D eigenvalue weighted by molar-refractivity contribution is 5.73. The van der Waals surface area contributed by atoms with Crippen molar-refractivity contribution in [2.75, 3.05) is 32.8 Å². The Bertz CT molecular complexity index is 1100. The number of aliphatic carboxylic acids is 2. The van der Waals surface area contributed by atoms with Gasteiger partial charge >= 0.3 is 24.3 Å². The number of carboxylic acids is 2. The number of carboxylic acid groups (broad SMARTS) is 2. The smallest absolute Gasteiger partial charge is 0.475 e. The summed E-state index contributed by atoms with van der Waals surface area (Å²) in [4.78, 5) is 20.3. The summed E-state index contributed by atoms with van der Waals surface area (Å²) in [7, 11) is 0. The van der Waals surface area contributed by atoms with Crippen LogP contribution >= 0.6 is 0 Å². The van der Waals surface area contributed by atoms with Crippen LogP contribution in [0.2, 0.25) is 0 Å². The van der Waals surface area contributed by atoms with Crippen LogP contribution in [-0.2, 0) is 25.6 Å². The number of carbonyl (C=O) groups is 2. The van der Waals surface area contributed by atoms with Gasteiger partial charge in [-0.1, -0.05) is 35.5 Å². The molecule has 0 bridgehead atoms. The SMILES string of the molecule is CC(C)N1CCOC[C@@]2(CC[C@H](CNCc3cc(-c4ccccc4)on3)O2)C1.O=C(O)C(F)(F)F.O=C(O)C(F)(F)F. The van der Waals surface area contributed by atoms with E-state index >= 15 is 0 Å². The van der Waals surface area contributed by atoms with Crippen LogP contribution in [0, 0.1) is 0 Å². The number of halogens is 6. The standard InChI is InChI=1S/C22H31N3O3.2C2HF3O2/c1-17(2)25-10-11-26-16-22(15-25)9-8-20(27-22)14-23-13-19-12-21(28-24-19)18-6-4-3-5-7-18;2*3-2(4,5)1(6)7/h3-7,12,17,20,23H,8-11,13-16H2,1-2H3;2*(H,6,7)/t20-,22-;;/m1../s1. The van der Waals surface area contributed by atoms with Crippen LogP contribution < -0.4 is 5.32 Å².